The zero-order chi connectivity index (χ0) is 19.8. The molecule has 0 unspecified atom stereocenters. The first kappa shape index (κ1) is 20.5. The Labute approximate surface area is 170 Å². The summed E-state index contributed by atoms with van der Waals surface area (Å²) in [6.07, 6.45) is 11.8. The number of phenolic OH excluding ortho intramolecular Hbond substituents is 1. The third-order valence-corrected chi connectivity index (χ3v) is 6.52. The van der Waals surface area contributed by atoms with Crippen LogP contribution in [-0.4, -0.2) is 5.11 Å². The number of nitrogens with zero attached hydrogens (tertiary/aromatic N) is 1. The van der Waals surface area contributed by atoms with E-state index in [1.165, 1.54) is 43.2 Å². The molecule has 1 saturated carbocycles. The van der Waals surface area contributed by atoms with Gasteiger partial charge < -0.3 is 5.11 Å². The minimum absolute atomic E-state index is 0.0747. The van der Waals surface area contributed by atoms with Crippen molar-refractivity contribution >= 4 is 0 Å². The highest BCUT2D eigenvalue weighted by atomic mass is 16.3. The van der Waals surface area contributed by atoms with Crippen molar-refractivity contribution in [2.45, 2.75) is 77.0 Å². The maximum Gasteiger partial charge on any atom is 0.115 e. The van der Waals surface area contributed by atoms with Crippen LogP contribution in [0.25, 0.3) is 11.1 Å². The van der Waals surface area contributed by atoms with Crippen LogP contribution in [0.1, 0.15) is 82.6 Å². The van der Waals surface area contributed by atoms with Crippen LogP contribution in [0.15, 0.2) is 48.5 Å². The number of phenols is 1. The molecule has 1 N–H and O–H groups in total. The summed E-state index contributed by atoms with van der Waals surface area (Å²) >= 11 is 0. The Kier molecular flexibility index (Phi) is 7.15. The van der Waals surface area contributed by atoms with E-state index in [2.05, 4.69) is 37.3 Å². The summed E-state index contributed by atoms with van der Waals surface area (Å²) in [6.45, 7) is 2.25. The lowest BCUT2D eigenvalue weighted by Crippen LogP contribution is -2.25. The van der Waals surface area contributed by atoms with Crippen molar-refractivity contribution in [3.8, 4) is 22.9 Å². The average Bonchev–Trinajstić information content (AvgIpc) is 2.75. The van der Waals surface area contributed by atoms with Gasteiger partial charge in [-0.2, -0.15) is 5.26 Å². The van der Waals surface area contributed by atoms with Gasteiger partial charge in [0.15, 0.2) is 0 Å². The van der Waals surface area contributed by atoms with Gasteiger partial charge in [0.1, 0.15) is 5.75 Å². The number of unbranched alkanes of at least 4 members (excludes halogenated alkanes) is 4. The molecule has 2 nitrogen and oxygen atoms in total. The Bertz CT molecular complexity index is 762. The molecule has 0 aliphatic heterocycles. The maximum atomic E-state index is 9.82. The van der Waals surface area contributed by atoms with Gasteiger partial charge in [-0.1, -0.05) is 75.4 Å². The standard InChI is InChI=1S/C26H33NO/c1-2-3-4-5-6-17-26(20-27)18-15-24(16-19-26)22-9-7-21(8-10-22)23-11-13-25(28)14-12-23/h7-14,24,28H,2-6,15-19H2,1H3. The molecule has 0 heterocycles. The number of hydrogen-bond donors (Lipinski definition) is 1. The monoisotopic (exact) mass is 375 g/mol. The summed E-state index contributed by atoms with van der Waals surface area (Å²) in [5.41, 5.74) is 3.63. The van der Waals surface area contributed by atoms with Crippen molar-refractivity contribution in [3.05, 3.63) is 54.1 Å². The molecule has 0 aromatic heterocycles. The third-order valence-electron chi connectivity index (χ3n) is 6.52. The van der Waals surface area contributed by atoms with E-state index in [1.54, 1.807) is 12.1 Å². The van der Waals surface area contributed by atoms with Gasteiger partial charge in [0.25, 0.3) is 0 Å². The Morgan fingerprint density at radius 2 is 1.46 bits per heavy atom. The molecule has 1 fully saturated rings. The van der Waals surface area contributed by atoms with E-state index in [-0.39, 0.29) is 5.41 Å². The van der Waals surface area contributed by atoms with Gasteiger partial charge in [0.05, 0.1) is 11.5 Å². The second kappa shape index (κ2) is 9.78. The zero-order valence-corrected chi connectivity index (χ0v) is 17.2. The average molecular weight is 376 g/mol. The lowest BCUT2D eigenvalue weighted by molar-refractivity contribution is 0.223. The van der Waals surface area contributed by atoms with Crippen LogP contribution < -0.4 is 0 Å². The molecule has 1 aliphatic carbocycles. The van der Waals surface area contributed by atoms with Crippen LogP contribution in [0.2, 0.25) is 0 Å². The fourth-order valence-electron chi connectivity index (χ4n) is 4.59. The normalized spacial score (nSPS) is 21.9. The summed E-state index contributed by atoms with van der Waals surface area (Å²) < 4.78 is 0. The Morgan fingerprint density at radius 1 is 0.893 bits per heavy atom. The second-order valence-electron chi connectivity index (χ2n) is 8.50. The van der Waals surface area contributed by atoms with Gasteiger partial charge in [-0.3, -0.25) is 0 Å². The Hall–Kier alpha value is -2.27. The van der Waals surface area contributed by atoms with Crippen molar-refractivity contribution in [2.24, 2.45) is 5.41 Å². The van der Waals surface area contributed by atoms with Crippen LogP contribution in [0.3, 0.4) is 0 Å². The second-order valence-corrected chi connectivity index (χ2v) is 8.50. The quantitative estimate of drug-likeness (QED) is 0.483. The van der Waals surface area contributed by atoms with E-state index in [9.17, 15) is 10.4 Å². The summed E-state index contributed by atoms with van der Waals surface area (Å²) in [4.78, 5) is 0. The third kappa shape index (κ3) is 5.16. The first-order valence-electron chi connectivity index (χ1n) is 11.0. The van der Waals surface area contributed by atoms with E-state index in [4.69, 9.17) is 0 Å². The molecule has 0 saturated heterocycles. The molecule has 3 rings (SSSR count). The molecule has 0 atom stereocenters. The molecule has 2 aromatic rings. The number of hydrogen-bond acceptors (Lipinski definition) is 2. The van der Waals surface area contributed by atoms with Gasteiger partial charge in [0, 0.05) is 0 Å². The van der Waals surface area contributed by atoms with E-state index in [1.807, 2.05) is 12.1 Å². The van der Waals surface area contributed by atoms with Crippen molar-refractivity contribution < 1.29 is 5.11 Å². The lowest BCUT2D eigenvalue weighted by atomic mass is 9.67. The molecule has 0 amide bonds. The topological polar surface area (TPSA) is 44.0 Å². The molecule has 0 bridgehead atoms. The van der Waals surface area contributed by atoms with Crippen molar-refractivity contribution in [1.29, 1.82) is 5.26 Å². The number of benzene rings is 2. The number of aromatic hydroxyl groups is 1. The minimum Gasteiger partial charge on any atom is -0.508 e. The van der Waals surface area contributed by atoms with Crippen LogP contribution in [0.4, 0.5) is 0 Å². The molecule has 1 aliphatic rings. The summed E-state index contributed by atoms with van der Waals surface area (Å²) in [6, 6.07) is 18.9. The Balaban J connectivity index is 1.55. The molecule has 2 heteroatoms. The predicted molar refractivity (Wildman–Crippen MR) is 116 cm³/mol. The lowest BCUT2D eigenvalue weighted by Gasteiger charge is -2.35. The molecule has 0 spiro atoms. The highest BCUT2D eigenvalue weighted by molar-refractivity contribution is 5.64. The molecular formula is C26H33NO. The first-order valence-corrected chi connectivity index (χ1v) is 11.0. The minimum atomic E-state index is -0.0747. The van der Waals surface area contributed by atoms with Crippen LogP contribution in [0, 0.1) is 16.7 Å². The van der Waals surface area contributed by atoms with Crippen molar-refractivity contribution in [2.75, 3.05) is 0 Å². The Morgan fingerprint density at radius 3 is 2.04 bits per heavy atom. The van der Waals surface area contributed by atoms with Crippen LogP contribution in [0.5, 0.6) is 5.75 Å². The zero-order valence-electron chi connectivity index (χ0n) is 17.2. The van der Waals surface area contributed by atoms with E-state index >= 15 is 0 Å². The highest BCUT2D eigenvalue weighted by Crippen LogP contribution is 2.45. The van der Waals surface area contributed by atoms with Crippen LogP contribution in [-0.2, 0) is 0 Å². The summed E-state index contributed by atoms with van der Waals surface area (Å²) in [5, 5.41) is 19.3. The fourth-order valence-corrected chi connectivity index (χ4v) is 4.59. The number of nitriles is 1. The highest BCUT2D eigenvalue weighted by Gasteiger charge is 2.35. The number of rotatable bonds is 8. The van der Waals surface area contributed by atoms with Crippen LogP contribution >= 0.6 is 0 Å². The SMILES string of the molecule is CCCCCCCC1(C#N)CCC(c2ccc(-c3ccc(O)cc3)cc2)CC1. The summed E-state index contributed by atoms with van der Waals surface area (Å²) in [7, 11) is 0. The smallest absolute Gasteiger partial charge is 0.115 e. The van der Waals surface area contributed by atoms with Gasteiger partial charge >= 0.3 is 0 Å². The predicted octanol–water partition coefficient (Wildman–Crippen LogP) is 7.59. The van der Waals surface area contributed by atoms with Gasteiger partial charge in [-0.05, 0) is 66.8 Å². The van der Waals surface area contributed by atoms with Gasteiger partial charge in [0.2, 0.25) is 0 Å². The molecule has 0 radical (unpaired) electrons. The summed E-state index contributed by atoms with van der Waals surface area (Å²) in [5.74, 6) is 0.879. The molecule has 148 valence electrons. The van der Waals surface area contributed by atoms with Crippen molar-refractivity contribution in [3.63, 3.8) is 0 Å². The first-order chi connectivity index (χ1) is 13.7. The molecule has 28 heavy (non-hydrogen) atoms. The van der Waals surface area contributed by atoms with E-state index in [0.29, 0.717) is 11.7 Å². The van der Waals surface area contributed by atoms with Gasteiger partial charge in [-0.25, -0.2) is 0 Å². The largest absolute Gasteiger partial charge is 0.508 e. The van der Waals surface area contributed by atoms with E-state index in [0.717, 1.165) is 37.7 Å². The van der Waals surface area contributed by atoms with Crippen molar-refractivity contribution in [1.82, 2.24) is 0 Å². The fraction of sp³-hybridized carbons (Fsp3) is 0.500. The maximum absolute atomic E-state index is 9.82. The van der Waals surface area contributed by atoms with E-state index < -0.39 is 0 Å². The van der Waals surface area contributed by atoms with Gasteiger partial charge in [-0.15, -0.1) is 0 Å². The molecular weight excluding hydrogens is 342 g/mol. The molecule has 2 aromatic carbocycles.